The quantitative estimate of drug-likeness (QED) is 0.673. The molecule has 0 atom stereocenters. The average Bonchev–Trinajstić information content (AvgIpc) is 2.92. The van der Waals surface area contributed by atoms with Crippen LogP contribution in [0.5, 0.6) is 5.75 Å². The summed E-state index contributed by atoms with van der Waals surface area (Å²) in [6, 6.07) is 14.1. The normalized spacial score (nSPS) is 10.7. The highest BCUT2D eigenvalue weighted by Crippen LogP contribution is 2.29. The summed E-state index contributed by atoms with van der Waals surface area (Å²) < 4.78 is 10.8. The van der Waals surface area contributed by atoms with Crippen LogP contribution in [0.1, 0.15) is 16.1 Å². The van der Waals surface area contributed by atoms with Crippen LogP contribution >= 0.6 is 11.6 Å². The molecule has 0 aliphatic carbocycles. The fraction of sp³-hybridized carbons (Fsp3) is 0.0625. The number of hydrogen-bond acceptors (Lipinski definition) is 3. The Hall–Kier alpha value is -2.26. The molecule has 0 fully saturated rings. The Morgan fingerprint density at radius 1 is 1.15 bits per heavy atom. The predicted molar refractivity (Wildman–Crippen MR) is 77.7 cm³/mol. The number of carbonyl (C=O) groups excluding carboxylic acids is 1. The Morgan fingerprint density at radius 2 is 1.95 bits per heavy atom. The number of carbonyl (C=O) groups is 1. The molecule has 4 heteroatoms. The molecule has 20 heavy (non-hydrogen) atoms. The number of ether oxygens (including phenoxy) is 1. The molecule has 0 saturated carbocycles. The summed E-state index contributed by atoms with van der Waals surface area (Å²) in [5.41, 5.74) is 0.984. The van der Waals surface area contributed by atoms with E-state index in [0.29, 0.717) is 21.9 Å². The number of rotatable bonds is 3. The molecular weight excluding hydrogens is 276 g/mol. The second kappa shape index (κ2) is 5.02. The van der Waals surface area contributed by atoms with E-state index in [-0.39, 0.29) is 11.5 Å². The fourth-order valence-corrected chi connectivity index (χ4v) is 2.32. The van der Waals surface area contributed by atoms with Gasteiger partial charge in [-0.05, 0) is 24.3 Å². The summed E-state index contributed by atoms with van der Waals surface area (Å²) in [4.78, 5) is 12.5. The van der Waals surface area contributed by atoms with Crippen molar-refractivity contribution in [2.24, 2.45) is 0 Å². The summed E-state index contributed by atoms with van der Waals surface area (Å²) in [5.74, 6) is 0.538. The molecule has 0 unspecified atom stereocenters. The zero-order chi connectivity index (χ0) is 14.1. The third-order valence-electron chi connectivity index (χ3n) is 3.07. The molecule has 0 aliphatic rings. The molecule has 0 saturated heterocycles. The van der Waals surface area contributed by atoms with Crippen LogP contribution in [0.25, 0.3) is 11.0 Å². The van der Waals surface area contributed by atoms with Crippen molar-refractivity contribution in [2.75, 3.05) is 7.11 Å². The van der Waals surface area contributed by atoms with Gasteiger partial charge in [0, 0.05) is 5.39 Å². The molecule has 3 rings (SSSR count). The maximum Gasteiger partial charge on any atom is 0.231 e. The first-order valence-electron chi connectivity index (χ1n) is 6.06. The number of para-hydroxylation sites is 2. The summed E-state index contributed by atoms with van der Waals surface area (Å²) in [5, 5.41) is 1.29. The number of methoxy groups -OCH3 is 1. The van der Waals surface area contributed by atoms with Gasteiger partial charge in [0.1, 0.15) is 5.75 Å². The van der Waals surface area contributed by atoms with Crippen LogP contribution < -0.4 is 4.74 Å². The Balaban J connectivity index is 2.11. The van der Waals surface area contributed by atoms with E-state index >= 15 is 0 Å². The monoisotopic (exact) mass is 286 g/mol. The first kappa shape index (κ1) is 12.8. The van der Waals surface area contributed by atoms with Crippen LogP contribution in [0, 0.1) is 0 Å². The van der Waals surface area contributed by atoms with Gasteiger partial charge in [-0.1, -0.05) is 35.9 Å². The van der Waals surface area contributed by atoms with Crippen molar-refractivity contribution in [3.63, 3.8) is 0 Å². The highest BCUT2D eigenvalue weighted by Gasteiger charge is 2.18. The van der Waals surface area contributed by atoms with Gasteiger partial charge in [0.15, 0.2) is 11.3 Å². The summed E-state index contributed by atoms with van der Waals surface area (Å²) in [6.07, 6.45) is 0. The maximum atomic E-state index is 12.5. The van der Waals surface area contributed by atoms with Gasteiger partial charge >= 0.3 is 0 Å². The third kappa shape index (κ3) is 2.06. The molecule has 1 heterocycles. The average molecular weight is 287 g/mol. The lowest BCUT2D eigenvalue weighted by Gasteiger charge is -2.04. The second-order valence-corrected chi connectivity index (χ2v) is 4.71. The zero-order valence-electron chi connectivity index (χ0n) is 10.7. The van der Waals surface area contributed by atoms with E-state index in [1.165, 1.54) is 7.11 Å². The Labute approximate surface area is 120 Å². The number of benzene rings is 2. The van der Waals surface area contributed by atoms with Crippen molar-refractivity contribution in [3.8, 4) is 5.75 Å². The summed E-state index contributed by atoms with van der Waals surface area (Å²) in [6.45, 7) is 0. The predicted octanol–water partition coefficient (Wildman–Crippen LogP) is 4.33. The molecule has 0 N–H and O–H groups in total. The summed E-state index contributed by atoms with van der Waals surface area (Å²) >= 11 is 6.05. The lowest BCUT2D eigenvalue weighted by Crippen LogP contribution is -2.02. The van der Waals surface area contributed by atoms with Crippen LogP contribution in [0.15, 0.2) is 52.9 Å². The first-order valence-corrected chi connectivity index (χ1v) is 6.44. The molecule has 0 radical (unpaired) electrons. The van der Waals surface area contributed by atoms with E-state index in [9.17, 15) is 4.79 Å². The largest absolute Gasteiger partial charge is 0.496 e. The minimum absolute atomic E-state index is 0.227. The van der Waals surface area contributed by atoms with Gasteiger partial charge in [0.2, 0.25) is 5.78 Å². The molecule has 0 spiro atoms. The van der Waals surface area contributed by atoms with Crippen LogP contribution in [0.4, 0.5) is 0 Å². The number of ketones is 1. The minimum Gasteiger partial charge on any atom is -0.496 e. The van der Waals surface area contributed by atoms with Gasteiger partial charge < -0.3 is 9.15 Å². The molecule has 0 bridgehead atoms. The molecule has 3 aromatic rings. The minimum atomic E-state index is -0.227. The van der Waals surface area contributed by atoms with Crippen molar-refractivity contribution >= 4 is 28.4 Å². The van der Waals surface area contributed by atoms with E-state index in [0.717, 1.165) is 5.39 Å². The van der Waals surface area contributed by atoms with Gasteiger partial charge in [0.25, 0.3) is 0 Å². The van der Waals surface area contributed by atoms with Gasteiger partial charge in [-0.2, -0.15) is 0 Å². The standard InChI is InChI=1S/C16H11ClO3/c1-19-13-8-3-2-6-11(13)15(18)14-9-10-5-4-7-12(17)16(10)20-14/h2-9H,1H3. The van der Waals surface area contributed by atoms with E-state index in [1.54, 1.807) is 30.3 Å². The number of fused-ring (bicyclic) bond motifs is 1. The zero-order valence-corrected chi connectivity index (χ0v) is 11.5. The lowest BCUT2D eigenvalue weighted by molar-refractivity contribution is 0.101. The van der Waals surface area contributed by atoms with Crippen LogP contribution in [0.3, 0.4) is 0 Å². The van der Waals surface area contributed by atoms with Gasteiger partial charge in [-0.25, -0.2) is 0 Å². The molecule has 0 amide bonds. The molecule has 0 aliphatic heterocycles. The Kier molecular flexibility index (Phi) is 3.20. The maximum absolute atomic E-state index is 12.5. The first-order chi connectivity index (χ1) is 9.70. The Morgan fingerprint density at radius 3 is 2.70 bits per heavy atom. The SMILES string of the molecule is COc1ccccc1C(=O)c1cc2cccc(Cl)c2o1. The molecule has 2 aromatic carbocycles. The molecular formula is C16H11ClO3. The van der Waals surface area contributed by atoms with Crippen molar-refractivity contribution in [1.82, 2.24) is 0 Å². The molecule has 3 nitrogen and oxygen atoms in total. The van der Waals surface area contributed by atoms with E-state index < -0.39 is 0 Å². The lowest BCUT2D eigenvalue weighted by atomic mass is 10.1. The third-order valence-corrected chi connectivity index (χ3v) is 3.37. The van der Waals surface area contributed by atoms with E-state index in [2.05, 4.69) is 0 Å². The van der Waals surface area contributed by atoms with Crippen molar-refractivity contribution < 1.29 is 13.9 Å². The van der Waals surface area contributed by atoms with E-state index in [4.69, 9.17) is 20.8 Å². The van der Waals surface area contributed by atoms with Gasteiger partial charge in [-0.15, -0.1) is 0 Å². The smallest absolute Gasteiger partial charge is 0.231 e. The topological polar surface area (TPSA) is 39.4 Å². The fourth-order valence-electron chi connectivity index (χ4n) is 2.10. The van der Waals surface area contributed by atoms with Crippen LogP contribution in [0.2, 0.25) is 5.02 Å². The van der Waals surface area contributed by atoms with Crippen LogP contribution in [-0.2, 0) is 0 Å². The van der Waals surface area contributed by atoms with E-state index in [1.807, 2.05) is 18.2 Å². The van der Waals surface area contributed by atoms with Gasteiger partial charge in [-0.3, -0.25) is 4.79 Å². The summed E-state index contributed by atoms with van der Waals surface area (Å²) in [7, 11) is 1.53. The number of furan rings is 1. The van der Waals surface area contributed by atoms with Crippen molar-refractivity contribution in [1.29, 1.82) is 0 Å². The molecule has 1 aromatic heterocycles. The van der Waals surface area contributed by atoms with Crippen molar-refractivity contribution in [2.45, 2.75) is 0 Å². The van der Waals surface area contributed by atoms with Crippen molar-refractivity contribution in [3.05, 3.63) is 64.9 Å². The number of halogens is 1. The van der Waals surface area contributed by atoms with Crippen LogP contribution in [-0.4, -0.2) is 12.9 Å². The number of hydrogen-bond donors (Lipinski definition) is 0. The Bertz CT molecular complexity index is 789. The van der Waals surface area contributed by atoms with Gasteiger partial charge in [0.05, 0.1) is 17.7 Å². The highest BCUT2D eigenvalue weighted by atomic mass is 35.5. The molecule has 100 valence electrons. The second-order valence-electron chi connectivity index (χ2n) is 4.30. The highest BCUT2D eigenvalue weighted by molar-refractivity contribution is 6.35.